The molecule has 3 heteroatoms. The van der Waals surface area contributed by atoms with Crippen LogP contribution in [0.15, 0.2) is 0 Å². The smallest absolute Gasteiger partial charge is 0.0826 e. The maximum absolute atomic E-state index is 5.79. The van der Waals surface area contributed by atoms with Crippen molar-refractivity contribution in [1.29, 1.82) is 0 Å². The van der Waals surface area contributed by atoms with E-state index in [1.807, 2.05) is 0 Å². The molecule has 2 aliphatic rings. The van der Waals surface area contributed by atoms with Crippen molar-refractivity contribution in [2.45, 2.75) is 45.3 Å². The van der Waals surface area contributed by atoms with Gasteiger partial charge in [-0.3, -0.25) is 0 Å². The fraction of sp³-hybridized carbons (Fsp3) is 1.00. The van der Waals surface area contributed by atoms with E-state index in [2.05, 4.69) is 31.1 Å². The second-order valence-corrected chi connectivity index (χ2v) is 6.21. The number of nitrogens with zero attached hydrogens (tertiary/aromatic N) is 1. The van der Waals surface area contributed by atoms with Crippen molar-refractivity contribution in [1.82, 2.24) is 10.2 Å². The Morgan fingerprint density at radius 2 is 1.88 bits per heavy atom. The molecule has 17 heavy (non-hydrogen) atoms. The lowest BCUT2D eigenvalue weighted by Crippen LogP contribution is -2.48. The largest absolute Gasteiger partial charge is 0.374 e. The van der Waals surface area contributed by atoms with Crippen molar-refractivity contribution in [3.8, 4) is 0 Å². The molecule has 3 unspecified atom stereocenters. The van der Waals surface area contributed by atoms with Crippen molar-refractivity contribution >= 4 is 0 Å². The molecule has 1 saturated carbocycles. The summed E-state index contributed by atoms with van der Waals surface area (Å²) in [4.78, 5) is 2.53. The molecule has 1 aliphatic carbocycles. The van der Waals surface area contributed by atoms with E-state index < -0.39 is 0 Å². The lowest BCUT2D eigenvalue weighted by Gasteiger charge is -2.39. The van der Waals surface area contributed by atoms with Gasteiger partial charge in [-0.25, -0.2) is 0 Å². The van der Waals surface area contributed by atoms with Gasteiger partial charge in [-0.15, -0.1) is 0 Å². The summed E-state index contributed by atoms with van der Waals surface area (Å²) < 4.78 is 5.79. The van der Waals surface area contributed by atoms with Gasteiger partial charge in [0.2, 0.25) is 0 Å². The molecule has 0 bridgehead atoms. The molecule has 0 aromatic heterocycles. The number of hydrogen-bond acceptors (Lipinski definition) is 3. The average molecular weight is 240 g/mol. The van der Waals surface area contributed by atoms with E-state index in [9.17, 15) is 0 Å². The maximum atomic E-state index is 5.79. The first-order valence-corrected chi connectivity index (χ1v) is 7.17. The first-order valence-electron chi connectivity index (χ1n) is 7.17. The fourth-order valence-corrected chi connectivity index (χ4v) is 3.47. The van der Waals surface area contributed by atoms with E-state index in [1.165, 1.54) is 19.3 Å². The Labute approximate surface area is 106 Å². The summed E-state index contributed by atoms with van der Waals surface area (Å²) in [7, 11) is 2.27. The summed E-state index contributed by atoms with van der Waals surface area (Å²) in [6, 6.07) is 0.763. The van der Waals surface area contributed by atoms with Gasteiger partial charge in [0.25, 0.3) is 0 Å². The molecular weight excluding hydrogens is 212 g/mol. The molecule has 3 nitrogen and oxygen atoms in total. The Morgan fingerprint density at radius 3 is 2.47 bits per heavy atom. The van der Waals surface area contributed by atoms with Crippen LogP contribution in [0.25, 0.3) is 0 Å². The number of nitrogens with one attached hydrogen (secondary N) is 1. The van der Waals surface area contributed by atoms with E-state index in [4.69, 9.17) is 4.74 Å². The van der Waals surface area contributed by atoms with E-state index >= 15 is 0 Å². The highest BCUT2D eigenvalue weighted by molar-refractivity contribution is 4.82. The lowest BCUT2D eigenvalue weighted by molar-refractivity contribution is -0.00463. The highest BCUT2D eigenvalue weighted by atomic mass is 16.5. The molecule has 0 amide bonds. The van der Waals surface area contributed by atoms with Gasteiger partial charge in [0, 0.05) is 25.7 Å². The summed E-state index contributed by atoms with van der Waals surface area (Å²) in [5.74, 6) is 1.77. The molecule has 3 atom stereocenters. The molecule has 0 spiro atoms. The highest BCUT2D eigenvalue weighted by Gasteiger charge is 2.28. The summed E-state index contributed by atoms with van der Waals surface area (Å²) in [6.07, 6.45) is 4.52. The van der Waals surface area contributed by atoms with Gasteiger partial charge in [0.05, 0.1) is 12.7 Å². The number of likely N-dealkylation sites (N-methyl/N-ethyl adjacent to an activating group) is 1. The molecule has 0 radical (unpaired) electrons. The normalized spacial score (nSPS) is 39.5. The average Bonchev–Trinajstić information content (AvgIpc) is 2.29. The second-order valence-electron chi connectivity index (χ2n) is 6.21. The highest BCUT2D eigenvalue weighted by Crippen LogP contribution is 2.31. The molecule has 1 saturated heterocycles. The van der Waals surface area contributed by atoms with Gasteiger partial charge in [-0.2, -0.15) is 0 Å². The third kappa shape index (κ3) is 3.94. The van der Waals surface area contributed by atoms with Crippen LogP contribution in [0.3, 0.4) is 0 Å². The quantitative estimate of drug-likeness (QED) is 0.813. The SMILES string of the molecule is CC1CC(C)CC(N(C)CC2CNCCO2)C1. The van der Waals surface area contributed by atoms with Crippen LogP contribution in [0.5, 0.6) is 0 Å². The number of hydrogen-bond donors (Lipinski definition) is 1. The summed E-state index contributed by atoms with van der Waals surface area (Å²) in [5.41, 5.74) is 0. The lowest BCUT2D eigenvalue weighted by atomic mass is 9.80. The zero-order chi connectivity index (χ0) is 12.3. The molecule has 0 aromatic carbocycles. The van der Waals surface area contributed by atoms with Gasteiger partial charge in [0.1, 0.15) is 0 Å². The fourth-order valence-electron chi connectivity index (χ4n) is 3.47. The molecule has 1 aliphatic heterocycles. The van der Waals surface area contributed by atoms with Crippen LogP contribution in [-0.4, -0.2) is 50.3 Å². The van der Waals surface area contributed by atoms with Crippen molar-refractivity contribution in [2.75, 3.05) is 33.3 Å². The van der Waals surface area contributed by atoms with Crippen molar-refractivity contribution in [2.24, 2.45) is 11.8 Å². The van der Waals surface area contributed by atoms with Crippen molar-refractivity contribution in [3.05, 3.63) is 0 Å². The van der Waals surface area contributed by atoms with Crippen LogP contribution in [0, 0.1) is 11.8 Å². The Hall–Kier alpha value is -0.120. The predicted molar refractivity (Wildman–Crippen MR) is 71.2 cm³/mol. The van der Waals surface area contributed by atoms with Gasteiger partial charge in [-0.05, 0) is 38.1 Å². The van der Waals surface area contributed by atoms with Crippen molar-refractivity contribution < 1.29 is 4.74 Å². The van der Waals surface area contributed by atoms with Crippen molar-refractivity contribution in [3.63, 3.8) is 0 Å². The molecule has 1 heterocycles. The maximum Gasteiger partial charge on any atom is 0.0826 e. The van der Waals surface area contributed by atoms with Gasteiger partial charge < -0.3 is 15.0 Å². The first kappa shape index (κ1) is 13.3. The molecule has 2 fully saturated rings. The number of ether oxygens (including phenoxy) is 1. The van der Waals surface area contributed by atoms with Crippen LogP contribution in [0.4, 0.5) is 0 Å². The van der Waals surface area contributed by atoms with Crippen LogP contribution < -0.4 is 5.32 Å². The van der Waals surface area contributed by atoms with Crippen LogP contribution >= 0.6 is 0 Å². The molecule has 0 aromatic rings. The van der Waals surface area contributed by atoms with Gasteiger partial charge in [0.15, 0.2) is 0 Å². The van der Waals surface area contributed by atoms with Gasteiger partial charge >= 0.3 is 0 Å². The summed E-state index contributed by atoms with van der Waals surface area (Å²) in [5, 5.41) is 3.41. The zero-order valence-electron chi connectivity index (χ0n) is 11.6. The Kier molecular flexibility index (Phi) is 4.83. The minimum atomic E-state index is 0.390. The third-order valence-electron chi connectivity index (χ3n) is 4.27. The van der Waals surface area contributed by atoms with Gasteiger partial charge in [-0.1, -0.05) is 13.8 Å². The molecule has 100 valence electrons. The first-order chi connectivity index (χ1) is 8.15. The standard InChI is InChI=1S/C14H28N2O/c1-11-6-12(2)8-13(7-11)16(3)10-14-9-15-4-5-17-14/h11-15H,4-10H2,1-3H3. The number of rotatable bonds is 3. The van der Waals surface area contributed by atoms with E-state index in [0.717, 1.165) is 44.1 Å². The second kappa shape index (κ2) is 6.17. The minimum Gasteiger partial charge on any atom is -0.374 e. The van der Waals surface area contributed by atoms with Crippen LogP contribution in [0.1, 0.15) is 33.1 Å². The topological polar surface area (TPSA) is 24.5 Å². The Morgan fingerprint density at radius 1 is 1.18 bits per heavy atom. The summed E-state index contributed by atoms with van der Waals surface area (Å²) in [6.45, 7) is 8.78. The number of morpholine rings is 1. The van der Waals surface area contributed by atoms with E-state index in [0.29, 0.717) is 6.10 Å². The minimum absolute atomic E-state index is 0.390. The van der Waals surface area contributed by atoms with Crippen LogP contribution in [0.2, 0.25) is 0 Å². The molecule has 1 N–H and O–H groups in total. The molecular formula is C14H28N2O. The molecule has 2 rings (SSSR count). The zero-order valence-corrected chi connectivity index (χ0v) is 11.6. The predicted octanol–water partition coefficient (Wildman–Crippen LogP) is 1.73. The monoisotopic (exact) mass is 240 g/mol. The summed E-state index contributed by atoms with van der Waals surface area (Å²) >= 11 is 0. The van der Waals surface area contributed by atoms with Crippen LogP contribution in [-0.2, 0) is 4.74 Å². The van der Waals surface area contributed by atoms with E-state index in [-0.39, 0.29) is 0 Å². The Balaban J connectivity index is 1.79. The Bertz CT molecular complexity index is 218. The van der Waals surface area contributed by atoms with E-state index in [1.54, 1.807) is 0 Å². The third-order valence-corrected chi connectivity index (χ3v) is 4.27.